The van der Waals surface area contributed by atoms with Gasteiger partial charge in [-0.25, -0.2) is 4.39 Å². The van der Waals surface area contributed by atoms with Gasteiger partial charge in [0.2, 0.25) is 0 Å². The van der Waals surface area contributed by atoms with Gasteiger partial charge in [-0.15, -0.1) is 0 Å². The van der Waals surface area contributed by atoms with Crippen molar-refractivity contribution in [2.75, 3.05) is 26.2 Å². The Balaban J connectivity index is 1.63. The van der Waals surface area contributed by atoms with Crippen LogP contribution in [0.5, 0.6) is 0 Å². The molecule has 2 fully saturated rings. The van der Waals surface area contributed by atoms with Crippen LogP contribution in [0.1, 0.15) is 41.6 Å². The molecule has 0 saturated carbocycles. The van der Waals surface area contributed by atoms with E-state index in [0.29, 0.717) is 6.04 Å². The van der Waals surface area contributed by atoms with E-state index in [9.17, 15) is 9.18 Å². The summed E-state index contributed by atoms with van der Waals surface area (Å²) in [6.07, 6.45) is 4.62. The van der Waals surface area contributed by atoms with E-state index in [0.717, 1.165) is 31.5 Å². The second-order valence-electron chi connectivity index (χ2n) is 6.25. The third kappa shape index (κ3) is 3.10. The van der Waals surface area contributed by atoms with E-state index < -0.39 is 5.82 Å². The highest BCUT2D eigenvalue weighted by molar-refractivity contribution is 5.94. The van der Waals surface area contributed by atoms with Gasteiger partial charge < -0.3 is 9.80 Å². The number of carbonyl (C=O) groups is 1. The number of hydrogen-bond acceptors (Lipinski definition) is 2. The average Bonchev–Trinajstić information content (AvgIpc) is 3.03. The van der Waals surface area contributed by atoms with Gasteiger partial charge in [0, 0.05) is 19.1 Å². The van der Waals surface area contributed by atoms with Crippen LogP contribution >= 0.6 is 0 Å². The zero-order chi connectivity index (χ0) is 14.8. The summed E-state index contributed by atoms with van der Waals surface area (Å²) >= 11 is 0. The van der Waals surface area contributed by atoms with Crippen molar-refractivity contribution in [2.24, 2.45) is 0 Å². The molecule has 1 amide bonds. The van der Waals surface area contributed by atoms with Gasteiger partial charge in [0.05, 0.1) is 5.56 Å². The SMILES string of the molecule is Cc1ccc(F)c(C(=O)N2CCC(N3CCCC3)CC2)c1. The zero-order valence-electron chi connectivity index (χ0n) is 12.6. The molecular formula is C17H23FN2O. The van der Waals surface area contributed by atoms with Crippen molar-refractivity contribution in [1.29, 1.82) is 0 Å². The van der Waals surface area contributed by atoms with E-state index in [1.807, 2.05) is 11.8 Å². The van der Waals surface area contributed by atoms with E-state index in [4.69, 9.17) is 0 Å². The number of halogens is 1. The molecule has 0 atom stereocenters. The van der Waals surface area contributed by atoms with Gasteiger partial charge in [-0.05, 0) is 57.8 Å². The Labute approximate surface area is 125 Å². The number of amides is 1. The fourth-order valence-electron chi connectivity index (χ4n) is 3.51. The molecule has 2 heterocycles. The first-order valence-electron chi connectivity index (χ1n) is 7.94. The smallest absolute Gasteiger partial charge is 0.256 e. The number of nitrogens with zero attached hydrogens (tertiary/aromatic N) is 2. The number of carbonyl (C=O) groups excluding carboxylic acids is 1. The molecule has 1 aromatic rings. The van der Waals surface area contributed by atoms with Crippen LogP contribution < -0.4 is 0 Å². The predicted octanol–water partition coefficient (Wildman–Crippen LogP) is 2.83. The summed E-state index contributed by atoms with van der Waals surface area (Å²) in [5.74, 6) is -0.566. The quantitative estimate of drug-likeness (QED) is 0.836. The highest BCUT2D eigenvalue weighted by Crippen LogP contribution is 2.23. The van der Waals surface area contributed by atoms with Crippen LogP contribution in [0, 0.1) is 12.7 Å². The van der Waals surface area contributed by atoms with Crippen LogP contribution in [0.2, 0.25) is 0 Å². The normalized spacial score (nSPS) is 21.0. The van der Waals surface area contributed by atoms with Crippen molar-refractivity contribution in [3.8, 4) is 0 Å². The fraction of sp³-hybridized carbons (Fsp3) is 0.588. The molecular weight excluding hydrogens is 267 g/mol. The third-order valence-corrected chi connectivity index (χ3v) is 4.76. The number of piperidine rings is 1. The van der Waals surface area contributed by atoms with Crippen LogP contribution in [-0.2, 0) is 0 Å². The maximum atomic E-state index is 13.8. The number of likely N-dealkylation sites (tertiary alicyclic amines) is 2. The van der Waals surface area contributed by atoms with E-state index in [2.05, 4.69) is 4.90 Å². The van der Waals surface area contributed by atoms with E-state index in [1.165, 1.54) is 32.0 Å². The molecule has 2 aliphatic heterocycles. The van der Waals surface area contributed by atoms with Crippen LogP contribution in [0.4, 0.5) is 4.39 Å². The van der Waals surface area contributed by atoms with Gasteiger partial charge in [0.1, 0.15) is 5.82 Å². The summed E-state index contributed by atoms with van der Waals surface area (Å²) in [7, 11) is 0. The molecule has 114 valence electrons. The van der Waals surface area contributed by atoms with Crippen LogP contribution in [-0.4, -0.2) is 47.9 Å². The van der Waals surface area contributed by atoms with Crippen molar-refractivity contribution in [2.45, 2.75) is 38.6 Å². The molecule has 0 aromatic heterocycles. The summed E-state index contributed by atoms with van der Waals surface area (Å²) in [5.41, 5.74) is 1.14. The minimum absolute atomic E-state index is 0.156. The molecule has 3 nitrogen and oxygen atoms in total. The summed E-state index contributed by atoms with van der Waals surface area (Å²) in [5, 5.41) is 0. The van der Waals surface area contributed by atoms with E-state index in [1.54, 1.807) is 12.1 Å². The van der Waals surface area contributed by atoms with Crippen molar-refractivity contribution in [3.05, 3.63) is 35.1 Å². The van der Waals surface area contributed by atoms with Gasteiger partial charge in [-0.2, -0.15) is 0 Å². The molecule has 0 bridgehead atoms. The lowest BCUT2D eigenvalue weighted by atomic mass is 10.0. The Morgan fingerprint density at radius 1 is 1.14 bits per heavy atom. The fourth-order valence-corrected chi connectivity index (χ4v) is 3.51. The van der Waals surface area contributed by atoms with E-state index >= 15 is 0 Å². The van der Waals surface area contributed by atoms with Crippen LogP contribution in [0.15, 0.2) is 18.2 Å². The van der Waals surface area contributed by atoms with Gasteiger partial charge in [0.25, 0.3) is 5.91 Å². The van der Waals surface area contributed by atoms with Gasteiger partial charge in [-0.1, -0.05) is 11.6 Å². The Bertz CT molecular complexity index is 518. The second-order valence-corrected chi connectivity index (χ2v) is 6.25. The lowest BCUT2D eigenvalue weighted by Gasteiger charge is -2.36. The zero-order valence-corrected chi connectivity index (χ0v) is 12.6. The van der Waals surface area contributed by atoms with Crippen molar-refractivity contribution < 1.29 is 9.18 Å². The lowest BCUT2D eigenvalue weighted by molar-refractivity contribution is 0.0640. The van der Waals surface area contributed by atoms with E-state index in [-0.39, 0.29) is 11.5 Å². The molecule has 2 aliphatic rings. The summed E-state index contributed by atoms with van der Waals surface area (Å²) in [4.78, 5) is 16.8. The monoisotopic (exact) mass is 290 g/mol. The van der Waals surface area contributed by atoms with Gasteiger partial charge >= 0.3 is 0 Å². The molecule has 1 aromatic carbocycles. The van der Waals surface area contributed by atoms with Gasteiger partial charge in [-0.3, -0.25) is 4.79 Å². The molecule has 0 radical (unpaired) electrons. The van der Waals surface area contributed by atoms with Crippen molar-refractivity contribution in [1.82, 2.24) is 9.80 Å². The van der Waals surface area contributed by atoms with Crippen LogP contribution in [0.25, 0.3) is 0 Å². The molecule has 0 unspecified atom stereocenters. The Hall–Kier alpha value is -1.42. The molecule has 0 aliphatic carbocycles. The lowest BCUT2D eigenvalue weighted by Crippen LogP contribution is -2.46. The standard InChI is InChI=1S/C17H23FN2O/c1-13-4-5-16(18)15(12-13)17(21)20-10-6-14(7-11-20)19-8-2-3-9-19/h4-5,12,14H,2-3,6-11H2,1H3. The topological polar surface area (TPSA) is 23.6 Å². The Kier molecular flexibility index (Phi) is 4.24. The maximum Gasteiger partial charge on any atom is 0.256 e. The molecule has 2 saturated heterocycles. The minimum Gasteiger partial charge on any atom is -0.338 e. The molecule has 21 heavy (non-hydrogen) atoms. The molecule has 0 N–H and O–H groups in total. The van der Waals surface area contributed by atoms with Crippen molar-refractivity contribution >= 4 is 5.91 Å². The number of rotatable bonds is 2. The highest BCUT2D eigenvalue weighted by atomic mass is 19.1. The first-order valence-corrected chi connectivity index (χ1v) is 7.94. The van der Waals surface area contributed by atoms with Crippen molar-refractivity contribution in [3.63, 3.8) is 0 Å². The van der Waals surface area contributed by atoms with Crippen LogP contribution in [0.3, 0.4) is 0 Å². The predicted molar refractivity (Wildman–Crippen MR) is 80.9 cm³/mol. The largest absolute Gasteiger partial charge is 0.338 e. The summed E-state index contributed by atoms with van der Waals surface area (Å²) < 4.78 is 13.8. The maximum absolute atomic E-state index is 13.8. The molecule has 4 heteroatoms. The number of aryl methyl sites for hydroxylation is 1. The van der Waals surface area contributed by atoms with Gasteiger partial charge in [0.15, 0.2) is 0 Å². The second kappa shape index (κ2) is 6.14. The Morgan fingerprint density at radius 2 is 1.81 bits per heavy atom. The minimum atomic E-state index is -0.410. The first-order chi connectivity index (χ1) is 10.1. The first kappa shape index (κ1) is 14.5. The average molecular weight is 290 g/mol. The summed E-state index contributed by atoms with van der Waals surface area (Å²) in [6.45, 7) is 5.77. The summed E-state index contributed by atoms with van der Waals surface area (Å²) in [6, 6.07) is 5.36. The number of hydrogen-bond donors (Lipinski definition) is 0. The Morgan fingerprint density at radius 3 is 2.48 bits per heavy atom. The third-order valence-electron chi connectivity index (χ3n) is 4.76. The molecule has 0 spiro atoms. The molecule has 3 rings (SSSR count). The highest BCUT2D eigenvalue weighted by Gasteiger charge is 2.29. The number of benzene rings is 1.